The van der Waals surface area contributed by atoms with Gasteiger partial charge in [0.05, 0.1) is 35.9 Å². The first-order chi connectivity index (χ1) is 17.5. The van der Waals surface area contributed by atoms with Crippen molar-refractivity contribution in [2.45, 2.75) is 38.8 Å². The number of rotatable bonds is 6. The number of fused-ring (bicyclic) bond motifs is 3. The summed E-state index contributed by atoms with van der Waals surface area (Å²) in [6.07, 6.45) is 3.86. The summed E-state index contributed by atoms with van der Waals surface area (Å²) in [4.78, 5) is 16.0. The number of ether oxygens (including phenoxy) is 1. The lowest BCUT2D eigenvalue weighted by atomic mass is 9.83. The molecule has 1 aliphatic rings. The Kier molecular flexibility index (Phi) is 5.42. The second kappa shape index (κ2) is 8.65. The van der Waals surface area contributed by atoms with Crippen LogP contribution in [0.4, 0.5) is 4.39 Å². The average molecular weight is 488 g/mol. The van der Waals surface area contributed by atoms with E-state index in [1.54, 1.807) is 20.0 Å². The van der Waals surface area contributed by atoms with E-state index in [-0.39, 0.29) is 18.5 Å². The molecule has 36 heavy (non-hydrogen) atoms. The lowest BCUT2D eigenvalue weighted by molar-refractivity contribution is 0.0657. The first-order valence-corrected chi connectivity index (χ1v) is 11.9. The van der Waals surface area contributed by atoms with E-state index in [0.29, 0.717) is 47.6 Å². The Balaban J connectivity index is 1.49. The zero-order valence-corrected chi connectivity index (χ0v) is 20.2. The summed E-state index contributed by atoms with van der Waals surface area (Å²) in [6, 6.07) is 9.35. The van der Waals surface area contributed by atoms with Gasteiger partial charge in [-0.1, -0.05) is 18.2 Å². The molecule has 0 amide bonds. The van der Waals surface area contributed by atoms with Crippen LogP contribution in [0.5, 0.6) is 0 Å². The fourth-order valence-electron chi connectivity index (χ4n) is 4.92. The van der Waals surface area contributed by atoms with Crippen molar-refractivity contribution >= 4 is 10.9 Å². The monoisotopic (exact) mass is 487 g/mol. The number of pyridine rings is 1. The number of aromatic nitrogens is 6. The van der Waals surface area contributed by atoms with Gasteiger partial charge in [0.15, 0.2) is 5.54 Å². The summed E-state index contributed by atoms with van der Waals surface area (Å²) < 4.78 is 26.2. The first kappa shape index (κ1) is 22.6. The van der Waals surface area contributed by atoms with Crippen LogP contribution in [-0.2, 0) is 16.7 Å². The van der Waals surface area contributed by atoms with Crippen molar-refractivity contribution in [2.75, 3.05) is 13.2 Å². The number of nitrogens with zero attached hydrogens (tertiary/aromatic N) is 4. The molecule has 0 radical (unpaired) electrons. The lowest BCUT2D eigenvalue weighted by Gasteiger charge is -2.39. The Morgan fingerprint density at radius 3 is 2.78 bits per heavy atom. The molecule has 0 spiro atoms. The van der Waals surface area contributed by atoms with E-state index in [2.05, 4.69) is 47.6 Å². The highest BCUT2D eigenvalue weighted by Crippen LogP contribution is 2.42. The minimum Gasteiger partial charge on any atom is -0.423 e. The smallest absolute Gasteiger partial charge is 0.244 e. The highest BCUT2D eigenvalue weighted by molar-refractivity contribution is 5.85. The van der Waals surface area contributed by atoms with Gasteiger partial charge < -0.3 is 19.1 Å². The van der Waals surface area contributed by atoms with E-state index in [0.717, 1.165) is 22.2 Å². The highest BCUT2D eigenvalue weighted by Gasteiger charge is 2.49. The van der Waals surface area contributed by atoms with Crippen LogP contribution in [0.25, 0.3) is 22.3 Å². The van der Waals surface area contributed by atoms with Crippen molar-refractivity contribution in [3.63, 3.8) is 0 Å². The molecule has 5 aromatic rings. The van der Waals surface area contributed by atoms with Gasteiger partial charge >= 0.3 is 0 Å². The van der Waals surface area contributed by atoms with E-state index in [9.17, 15) is 4.39 Å². The number of aromatic amines is 2. The number of H-pyrrole nitrogens is 2. The van der Waals surface area contributed by atoms with E-state index in [4.69, 9.17) is 9.15 Å². The number of imidazole rings is 1. The van der Waals surface area contributed by atoms with Crippen LogP contribution >= 0.6 is 0 Å². The van der Waals surface area contributed by atoms with Gasteiger partial charge in [0.1, 0.15) is 11.6 Å². The van der Waals surface area contributed by atoms with Gasteiger partial charge in [0.2, 0.25) is 11.8 Å². The van der Waals surface area contributed by atoms with Crippen molar-refractivity contribution < 1.29 is 13.5 Å². The Morgan fingerprint density at radius 1 is 1.14 bits per heavy atom. The number of halogens is 1. The maximum atomic E-state index is 14.2. The van der Waals surface area contributed by atoms with Gasteiger partial charge in [0, 0.05) is 42.3 Å². The van der Waals surface area contributed by atoms with Crippen LogP contribution < -0.4 is 5.32 Å². The molecule has 6 rings (SSSR count). The standard InChI is InChI=1S/C26H26FN7O2/c1-4-35-13-26(25-34-33-15(3)36-25)23-17(16-7-5-6-8-19(16)30-23)9-21(32-26)24-29-12-22(31-24)20-10-18(27)14(2)11-28-20/h5-8,10-12,21,30,32H,4,9,13H2,1-3H3,(H,29,31). The lowest BCUT2D eigenvalue weighted by Crippen LogP contribution is -2.53. The molecule has 5 heterocycles. The number of aryl methyl sites for hydroxylation is 2. The third kappa shape index (κ3) is 3.61. The van der Waals surface area contributed by atoms with Gasteiger partial charge in [-0.25, -0.2) is 9.37 Å². The number of hydrogen-bond acceptors (Lipinski definition) is 7. The predicted octanol–water partition coefficient (Wildman–Crippen LogP) is 4.26. The summed E-state index contributed by atoms with van der Waals surface area (Å²) in [6.45, 7) is 6.20. The molecule has 1 aliphatic heterocycles. The maximum Gasteiger partial charge on any atom is 0.244 e. The molecule has 0 saturated carbocycles. The second-order valence-corrected chi connectivity index (χ2v) is 9.09. The molecule has 0 saturated heterocycles. The molecule has 0 aliphatic carbocycles. The highest BCUT2D eigenvalue weighted by atomic mass is 19.1. The zero-order chi connectivity index (χ0) is 24.9. The fraction of sp³-hybridized carbons (Fsp3) is 0.308. The van der Waals surface area contributed by atoms with Crippen LogP contribution in [0, 0.1) is 19.7 Å². The number of benzene rings is 1. The van der Waals surface area contributed by atoms with Crippen LogP contribution in [0.1, 0.15) is 47.4 Å². The normalized spacial score (nSPS) is 19.6. The van der Waals surface area contributed by atoms with Crippen LogP contribution in [0.2, 0.25) is 0 Å². The molecule has 184 valence electrons. The maximum absolute atomic E-state index is 14.2. The van der Waals surface area contributed by atoms with E-state index >= 15 is 0 Å². The molecule has 1 aromatic carbocycles. The van der Waals surface area contributed by atoms with Crippen molar-refractivity contribution in [1.82, 2.24) is 35.5 Å². The Bertz CT molecular complexity index is 1550. The molecule has 9 nitrogen and oxygen atoms in total. The van der Waals surface area contributed by atoms with Crippen molar-refractivity contribution in [2.24, 2.45) is 0 Å². The molecule has 3 N–H and O–H groups in total. The summed E-state index contributed by atoms with van der Waals surface area (Å²) in [7, 11) is 0. The van der Waals surface area contributed by atoms with Gasteiger partial charge in [-0.3, -0.25) is 10.3 Å². The molecule has 10 heteroatoms. The third-order valence-electron chi connectivity index (χ3n) is 6.72. The zero-order valence-electron chi connectivity index (χ0n) is 20.2. The SMILES string of the molecule is CCOCC1(c2nnc(C)o2)NC(c2ncc(-c3cc(F)c(C)cn3)[nH]2)Cc2c1[nH]c1ccccc21. The van der Waals surface area contributed by atoms with Crippen molar-refractivity contribution in [1.29, 1.82) is 0 Å². The van der Waals surface area contributed by atoms with Crippen LogP contribution in [0.3, 0.4) is 0 Å². The summed E-state index contributed by atoms with van der Waals surface area (Å²) >= 11 is 0. The molecular formula is C26H26FN7O2. The van der Waals surface area contributed by atoms with Gasteiger partial charge in [0.25, 0.3) is 0 Å². The van der Waals surface area contributed by atoms with Gasteiger partial charge in [-0.15, -0.1) is 10.2 Å². The third-order valence-corrected chi connectivity index (χ3v) is 6.72. The average Bonchev–Trinajstić information content (AvgIpc) is 3.63. The second-order valence-electron chi connectivity index (χ2n) is 9.09. The van der Waals surface area contributed by atoms with Gasteiger partial charge in [-0.05, 0) is 31.9 Å². The molecule has 4 aromatic heterocycles. The summed E-state index contributed by atoms with van der Waals surface area (Å²) in [5, 5.41) is 13.3. The topological polar surface area (TPSA) is 118 Å². The number of para-hydroxylation sites is 1. The Labute approximate surface area is 206 Å². The Hall–Kier alpha value is -3.89. The molecular weight excluding hydrogens is 461 g/mol. The van der Waals surface area contributed by atoms with Crippen molar-refractivity contribution in [3.05, 3.63) is 83.0 Å². The van der Waals surface area contributed by atoms with Crippen LogP contribution in [-0.4, -0.2) is 43.3 Å². The van der Waals surface area contributed by atoms with E-state index < -0.39 is 5.54 Å². The summed E-state index contributed by atoms with van der Waals surface area (Å²) in [5.74, 6) is 1.27. The minimum absolute atomic E-state index is 0.242. The fourth-order valence-corrected chi connectivity index (χ4v) is 4.92. The van der Waals surface area contributed by atoms with Crippen molar-refractivity contribution in [3.8, 4) is 11.4 Å². The van der Waals surface area contributed by atoms with Gasteiger partial charge in [-0.2, -0.15) is 0 Å². The minimum atomic E-state index is -0.921. The molecule has 0 fully saturated rings. The molecule has 2 unspecified atom stereocenters. The van der Waals surface area contributed by atoms with E-state index in [1.165, 1.54) is 12.3 Å². The predicted molar refractivity (Wildman–Crippen MR) is 131 cm³/mol. The van der Waals surface area contributed by atoms with E-state index in [1.807, 2.05) is 19.1 Å². The number of hydrogen-bond donors (Lipinski definition) is 3. The molecule has 2 atom stereocenters. The Morgan fingerprint density at radius 2 is 2.00 bits per heavy atom. The summed E-state index contributed by atoms with van der Waals surface area (Å²) in [5.41, 5.74) is 3.79. The van der Waals surface area contributed by atoms with Crippen LogP contribution in [0.15, 0.2) is 47.1 Å². The largest absolute Gasteiger partial charge is 0.423 e. The first-order valence-electron chi connectivity index (χ1n) is 11.9. The number of nitrogens with one attached hydrogen (secondary N) is 3. The quantitative estimate of drug-likeness (QED) is 0.328. The molecule has 0 bridgehead atoms.